The van der Waals surface area contributed by atoms with Crippen LogP contribution in [0.1, 0.15) is 27.5 Å². The summed E-state index contributed by atoms with van der Waals surface area (Å²) in [7, 11) is 1.21. The highest BCUT2D eigenvalue weighted by atomic mass is 35.5. The van der Waals surface area contributed by atoms with Crippen molar-refractivity contribution in [3.63, 3.8) is 0 Å². The number of esters is 1. The summed E-state index contributed by atoms with van der Waals surface area (Å²) < 4.78 is 12.0. The number of carbonyl (C=O) groups excluding carboxylic acids is 1. The average molecular weight is 377 g/mol. The van der Waals surface area contributed by atoms with Crippen molar-refractivity contribution < 1.29 is 24.2 Å². The SMILES string of the molecule is COC(=O)c1c(O)cc(O)c(Cl)c1CCc1nccn1Cc1ccco1. The van der Waals surface area contributed by atoms with Gasteiger partial charge in [-0.3, -0.25) is 0 Å². The number of methoxy groups -OCH3 is 1. The zero-order valence-corrected chi connectivity index (χ0v) is 14.7. The molecule has 2 aromatic heterocycles. The lowest BCUT2D eigenvalue weighted by molar-refractivity contribution is 0.0596. The van der Waals surface area contributed by atoms with Crippen LogP contribution in [0.15, 0.2) is 41.3 Å². The maximum absolute atomic E-state index is 12.0. The molecule has 0 fully saturated rings. The molecule has 0 spiro atoms. The van der Waals surface area contributed by atoms with Crippen LogP contribution in [-0.4, -0.2) is 32.8 Å². The molecule has 2 N–H and O–H groups in total. The molecule has 3 rings (SSSR count). The van der Waals surface area contributed by atoms with Gasteiger partial charge in [0.1, 0.15) is 28.6 Å². The summed E-state index contributed by atoms with van der Waals surface area (Å²) in [4.78, 5) is 16.3. The van der Waals surface area contributed by atoms with Crippen LogP contribution in [0.4, 0.5) is 0 Å². The lowest BCUT2D eigenvalue weighted by atomic mass is 10.0. The van der Waals surface area contributed by atoms with Gasteiger partial charge < -0.3 is 23.9 Å². The van der Waals surface area contributed by atoms with Crippen molar-refractivity contribution >= 4 is 17.6 Å². The lowest BCUT2D eigenvalue weighted by Gasteiger charge is -2.13. The first kappa shape index (κ1) is 17.9. The molecule has 3 aromatic rings. The number of aryl methyl sites for hydroxylation is 1. The maximum atomic E-state index is 12.0. The van der Waals surface area contributed by atoms with Gasteiger partial charge >= 0.3 is 5.97 Å². The van der Waals surface area contributed by atoms with E-state index in [0.29, 0.717) is 18.5 Å². The normalized spacial score (nSPS) is 10.8. The lowest BCUT2D eigenvalue weighted by Crippen LogP contribution is -2.10. The molecule has 8 heteroatoms. The number of rotatable bonds is 6. The predicted octanol–water partition coefficient (Wildman–Crippen LogP) is 3.16. The monoisotopic (exact) mass is 376 g/mol. The van der Waals surface area contributed by atoms with Gasteiger partial charge in [0.15, 0.2) is 0 Å². The summed E-state index contributed by atoms with van der Waals surface area (Å²) >= 11 is 6.16. The molecule has 0 aliphatic rings. The molecule has 0 saturated carbocycles. The third-order valence-corrected chi connectivity index (χ3v) is 4.44. The van der Waals surface area contributed by atoms with Gasteiger partial charge in [-0.2, -0.15) is 0 Å². The summed E-state index contributed by atoms with van der Waals surface area (Å²) in [5.41, 5.74) is 0.253. The predicted molar refractivity (Wildman–Crippen MR) is 93.6 cm³/mol. The smallest absolute Gasteiger partial charge is 0.341 e. The highest BCUT2D eigenvalue weighted by Gasteiger charge is 2.23. The fraction of sp³-hybridized carbons (Fsp3) is 0.222. The van der Waals surface area contributed by atoms with E-state index in [-0.39, 0.29) is 28.5 Å². The molecule has 0 aliphatic heterocycles. The first-order chi connectivity index (χ1) is 12.5. The third-order valence-electron chi connectivity index (χ3n) is 4.02. The Morgan fingerprint density at radius 2 is 2.15 bits per heavy atom. The molecular weight excluding hydrogens is 360 g/mol. The average Bonchev–Trinajstić information content (AvgIpc) is 3.28. The molecule has 7 nitrogen and oxygen atoms in total. The second kappa shape index (κ2) is 7.53. The highest BCUT2D eigenvalue weighted by Crippen LogP contribution is 2.37. The minimum atomic E-state index is -0.724. The number of phenols is 2. The number of aromatic nitrogens is 2. The van der Waals surface area contributed by atoms with Gasteiger partial charge in [-0.25, -0.2) is 9.78 Å². The van der Waals surface area contributed by atoms with Gasteiger partial charge in [-0.1, -0.05) is 11.6 Å². The van der Waals surface area contributed by atoms with E-state index < -0.39 is 5.97 Å². The van der Waals surface area contributed by atoms with Crippen LogP contribution in [0, 0.1) is 0 Å². The summed E-state index contributed by atoms with van der Waals surface area (Å²) in [6.45, 7) is 0.519. The van der Waals surface area contributed by atoms with Gasteiger partial charge in [-0.15, -0.1) is 0 Å². The number of hydrogen-bond acceptors (Lipinski definition) is 6. The van der Waals surface area contributed by atoms with Crippen LogP contribution < -0.4 is 0 Å². The van der Waals surface area contributed by atoms with Crippen molar-refractivity contribution in [3.8, 4) is 11.5 Å². The molecule has 0 radical (unpaired) electrons. The summed E-state index contributed by atoms with van der Waals surface area (Å²) in [6, 6.07) is 4.70. The summed E-state index contributed by atoms with van der Waals surface area (Å²) in [6.07, 6.45) is 5.80. The molecule has 0 atom stereocenters. The first-order valence-electron chi connectivity index (χ1n) is 7.85. The number of furan rings is 1. The second-order valence-corrected chi connectivity index (χ2v) is 6.00. The van der Waals surface area contributed by atoms with Gasteiger partial charge in [0.2, 0.25) is 0 Å². The van der Waals surface area contributed by atoms with Crippen molar-refractivity contribution in [2.24, 2.45) is 0 Å². The number of halogens is 1. The number of ether oxygens (including phenoxy) is 1. The molecule has 2 heterocycles. The van der Waals surface area contributed by atoms with E-state index >= 15 is 0 Å². The minimum absolute atomic E-state index is 0.00680. The van der Waals surface area contributed by atoms with Crippen LogP contribution in [0.5, 0.6) is 11.5 Å². The van der Waals surface area contributed by atoms with Crippen molar-refractivity contribution in [1.82, 2.24) is 9.55 Å². The number of phenolic OH excluding ortho intramolecular Hbond substituents is 2. The van der Waals surface area contributed by atoms with Gasteiger partial charge in [0, 0.05) is 24.9 Å². The van der Waals surface area contributed by atoms with E-state index in [1.807, 2.05) is 22.9 Å². The molecular formula is C18H17ClN2O5. The zero-order chi connectivity index (χ0) is 18.7. The Labute approximate surface area is 154 Å². The summed E-state index contributed by atoms with van der Waals surface area (Å²) in [5, 5.41) is 19.9. The van der Waals surface area contributed by atoms with E-state index in [9.17, 15) is 15.0 Å². The van der Waals surface area contributed by atoms with E-state index in [1.54, 1.807) is 12.5 Å². The quantitative estimate of drug-likeness (QED) is 0.641. The molecule has 0 amide bonds. The molecule has 136 valence electrons. The van der Waals surface area contributed by atoms with Crippen LogP contribution in [0.2, 0.25) is 5.02 Å². The number of imidazole rings is 1. The fourth-order valence-electron chi connectivity index (χ4n) is 2.77. The third kappa shape index (κ3) is 3.52. The number of nitrogens with zero attached hydrogens (tertiary/aromatic N) is 2. The first-order valence-corrected chi connectivity index (χ1v) is 8.23. The summed E-state index contributed by atoms with van der Waals surface area (Å²) in [5.74, 6) is 0.125. The highest BCUT2D eigenvalue weighted by molar-refractivity contribution is 6.33. The van der Waals surface area contributed by atoms with Crippen LogP contribution >= 0.6 is 11.6 Å². The van der Waals surface area contributed by atoms with Crippen molar-refractivity contribution in [1.29, 1.82) is 0 Å². The van der Waals surface area contributed by atoms with Crippen LogP contribution in [-0.2, 0) is 24.1 Å². The van der Waals surface area contributed by atoms with Gasteiger partial charge in [-0.05, 0) is 24.1 Å². The largest absolute Gasteiger partial charge is 0.507 e. The Balaban J connectivity index is 1.87. The van der Waals surface area contributed by atoms with Crippen molar-refractivity contribution in [3.05, 3.63) is 64.6 Å². The maximum Gasteiger partial charge on any atom is 0.341 e. The van der Waals surface area contributed by atoms with E-state index in [0.717, 1.165) is 17.7 Å². The molecule has 0 unspecified atom stereocenters. The van der Waals surface area contributed by atoms with E-state index in [1.165, 1.54) is 7.11 Å². The van der Waals surface area contributed by atoms with Crippen molar-refractivity contribution in [2.45, 2.75) is 19.4 Å². The number of carbonyl (C=O) groups is 1. The van der Waals surface area contributed by atoms with E-state index in [2.05, 4.69) is 4.98 Å². The Bertz CT molecular complexity index is 918. The number of hydrogen-bond donors (Lipinski definition) is 2. The van der Waals surface area contributed by atoms with Gasteiger partial charge in [0.25, 0.3) is 0 Å². The van der Waals surface area contributed by atoms with Crippen LogP contribution in [0.25, 0.3) is 0 Å². The topological polar surface area (TPSA) is 97.7 Å². The Kier molecular flexibility index (Phi) is 5.18. The Morgan fingerprint density at radius 1 is 1.35 bits per heavy atom. The molecule has 1 aromatic carbocycles. The van der Waals surface area contributed by atoms with E-state index in [4.69, 9.17) is 20.8 Å². The molecule has 0 aliphatic carbocycles. The molecule has 26 heavy (non-hydrogen) atoms. The number of benzene rings is 1. The second-order valence-electron chi connectivity index (χ2n) is 5.62. The number of aromatic hydroxyl groups is 2. The minimum Gasteiger partial charge on any atom is -0.507 e. The zero-order valence-electron chi connectivity index (χ0n) is 14.0. The standard InChI is InChI=1S/C18H17ClN2O5/c1-25-18(24)16-12(17(19)14(23)9-13(16)22)4-5-15-20-6-7-21(15)10-11-3-2-8-26-11/h2-3,6-9,22-23H,4-5,10H2,1H3. The molecule has 0 bridgehead atoms. The molecule has 0 saturated heterocycles. The fourth-order valence-corrected chi connectivity index (χ4v) is 3.01. The Hall–Kier alpha value is -2.93. The van der Waals surface area contributed by atoms with Crippen molar-refractivity contribution in [2.75, 3.05) is 7.11 Å². The Morgan fingerprint density at radius 3 is 2.85 bits per heavy atom. The van der Waals surface area contributed by atoms with Crippen LogP contribution in [0.3, 0.4) is 0 Å². The van der Waals surface area contributed by atoms with Gasteiger partial charge in [0.05, 0.1) is 24.9 Å².